The first-order valence-corrected chi connectivity index (χ1v) is 9.16. The van der Waals surface area contributed by atoms with Crippen molar-refractivity contribution in [3.63, 3.8) is 0 Å². The molecule has 0 saturated heterocycles. The highest BCUT2D eigenvalue weighted by molar-refractivity contribution is 7.71. The molecule has 0 radical (unpaired) electrons. The fraction of sp³-hybridized carbons (Fsp3) is 1.00. The van der Waals surface area contributed by atoms with E-state index in [2.05, 4.69) is 27.7 Å². The zero-order chi connectivity index (χ0) is 13.3. The Morgan fingerprint density at radius 3 is 2.29 bits per heavy atom. The fourth-order valence-electron chi connectivity index (χ4n) is 2.23. The molecule has 2 unspecified atom stereocenters. The van der Waals surface area contributed by atoms with E-state index in [4.69, 9.17) is 4.74 Å². The Balaban J connectivity index is 4.04. The summed E-state index contributed by atoms with van der Waals surface area (Å²) < 4.78 is 16.4. The summed E-state index contributed by atoms with van der Waals surface area (Å²) in [7, 11) is 0.295. The average molecular weight is 260 g/mol. The molecule has 0 amide bonds. The van der Waals surface area contributed by atoms with E-state index in [1.807, 2.05) is 0 Å². The maximum absolute atomic E-state index is 11.0. The molecular weight excluding hydrogens is 230 g/mol. The number of ether oxygens (including phenoxy) is 1. The Kier molecular flexibility index (Phi) is 9.36. The van der Waals surface area contributed by atoms with Crippen LogP contribution in [0.5, 0.6) is 0 Å². The van der Waals surface area contributed by atoms with Crippen molar-refractivity contribution >= 4 is 15.2 Å². The molecule has 0 fully saturated rings. The molecule has 0 aromatic carbocycles. The fourth-order valence-corrected chi connectivity index (χ4v) is 2.66. The molecule has 0 aromatic rings. The topological polar surface area (TPSA) is 26.3 Å². The molecule has 102 valence electrons. The second-order valence-electron chi connectivity index (χ2n) is 5.56. The summed E-state index contributed by atoms with van der Waals surface area (Å²) in [5, 5.41) is 0. The quantitative estimate of drug-likeness (QED) is 0.340. The van der Waals surface area contributed by atoms with Crippen LogP contribution in [0.4, 0.5) is 0 Å². The van der Waals surface area contributed by atoms with Gasteiger partial charge in [0.25, 0.3) is 0 Å². The Bertz CT molecular complexity index is 219. The van der Waals surface area contributed by atoms with E-state index in [1.165, 1.54) is 25.7 Å². The van der Waals surface area contributed by atoms with Crippen molar-refractivity contribution in [3.8, 4) is 0 Å². The maximum Gasteiger partial charge on any atom is 0.182 e. The van der Waals surface area contributed by atoms with E-state index in [9.17, 15) is 4.57 Å². The summed E-state index contributed by atoms with van der Waals surface area (Å²) in [4.78, 5) is 0. The van der Waals surface area contributed by atoms with E-state index in [-0.39, 0.29) is 0 Å². The first-order chi connectivity index (χ1) is 7.97. The standard InChI is InChI=1S/C13H30BO2P/c1-5-12(6-2)10-13(4,7-3)8-9-16-11-17(14)15/h12,17H,5-11,14H2,1-4H3. The summed E-state index contributed by atoms with van der Waals surface area (Å²) in [5.41, 5.74) is 0.389. The van der Waals surface area contributed by atoms with Crippen LogP contribution in [-0.4, -0.2) is 20.5 Å². The molecule has 0 N–H and O–H groups in total. The molecule has 0 aliphatic carbocycles. The Labute approximate surface area is 109 Å². The van der Waals surface area contributed by atoms with Gasteiger partial charge in [0.1, 0.15) is 0 Å². The predicted molar refractivity (Wildman–Crippen MR) is 80.1 cm³/mol. The van der Waals surface area contributed by atoms with Gasteiger partial charge in [-0.05, 0) is 24.2 Å². The Hall–Kier alpha value is 0.255. The molecule has 17 heavy (non-hydrogen) atoms. The lowest BCUT2D eigenvalue weighted by molar-refractivity contribution is 0.110. The van der Waals surface area contributed by atoms with Crippen LogP contribution in [0.25, 0.3) is 0 Å². The lowest BCUT2D eigenvalue weighted by Crippen LogP contribution is -2.22. The minimum atomic E-state index is -1.46. The third kappa shape index (κ3) is 8.05. The van der Waals surface area contributed by atoms with Crippen molar-refractivity contribution in [2.24, 2.45) is 11.3 Å². The molecular formula is C13H30BO2P. The van der Waals surface area contributed by atoms with Crippen molar-refractivity contribution < 1.29 is 9.30 Å². The van der Waals surface area contributed by atoms with Gasteiger partial charge in [-0.2, -0.15) is 0 Å². The van der Waals surface area contributed by atoms with Gasteiger partial charge in [0.15, 0.2) is 7.57 Å². The van der Waals surface area contributed by atoms with Gasteiger partial charge in [0.2, 0.25) is 0 Å². The van der Waals surface area contributed by atoms with Crippen LogP contribution in [-0.2, 0) is 9.30 Å². The Morgan fingerprint density at radius 1 is 1.29 bits per heavy atom. The van der Waals surface area contributed by atoms with E-state index >= 15 is 0 Å². The monoisotopic (exact) mass is 260 g/mol. The molecule has 0 rings (SSSR count). The zero-order valence-corrected chi connectivity index (χ0v) is 13.3. The SMILES string of the molecule is B[PH](=O)COCCC(C)(CC)CC(CC)CC. The van der Waals surface area contributed by atoms with Gasteiger partial charge in [-0.1, -0.05) is 47.0 Å². The molecule has 2 atom stereocenters. The van der Waals surface area contributed by atoms with Gasteiger partial charge in [0, 0.05) is 6.61 Å². The zero-order valence-electron chi connectivity index (χ0n) is 12.3. The van der Waals surface area contributed by atoms with Gasteiger partial charge in [-0.25, -0.2) is 0 Å². The van der Waals surface area contributed by atoms with Crippen molar-refractivity contribution in [1.82, 2.24) is 0 Å². The third-order valence-electron chi connectivity index (χ3n) is 3.95. The van der Waals surface area contributed by atoms with Crippen LogP contribution < -0.4 is 0 Å². The molecule has 0 spiro atoms. The smallest absolute Gasteiger partial charge is 0.182 e. The molecule has 2 nitrogen and oxygen atoms in total. The second kappa shape index (κ2) is 9.22. The number of hydrogen-bond donors (Lipinski definition) is 0. The minimum Gasteiger partial charge on any atom is -0.375 e. The lowest BCUT2D eigenvalue weighted by Gasteiger charge is -2.32. The molecule has 0 aliphatic heterocycles. The molecule has 0 bridgehead atoms. The summed E-state index contributed by atoms with van der Waals surface area (Å²) in [5.74, 6) is 0.838. The van der Waals surface area contributed by atoms with E-state index in [1.54, 1.807) is 7.57 Å². The van der Waals surface area contributed by atoms with Gasteiger partial charge < -0.3 is 9.30 Å². The maximum atomic E-state index is 11.0. The highest BCUT2D eigenvalue weighted by Crippen LogP contribution is 2.35. The molecule has 4 heteroatoms. The highest BCUT2D eigenvalue weighted by Gasteiger charge is 2.24. The number of hydrogen-bond acceptors (Lipinski definition) is 2. The summed E-state index contributed by atoms with van der Waals surface area (Å²) in [6.07, 6.45) is 6.59. The first-order valence-electron chi connectivity index (χ1n) is 7.04. The van der Waals surface area contributed by atoms with Crippen LogP contribution in [0.3, 0.4) is 0 Å². The molecule has 0 heterocycles. The minimum absolute atomic E-state index is 0.389. The largest absolute Gasteiger partial charge is 0.375 e. The van der Waals surface area contributed by atoms with Crippen LogP contribution in [0.1, 0.15) is 59.8 Å². The Morgan fingerprint density at radius 2 is 1.88 bits per heavy atom. The average Bonchev–Trinajstić information content (AvgIpc) is 2.31. The van der Waals surface area contributed by atoms with Gasteiger partial charge in [-0.3, -0.25) is 0 Å². The van der Waals surface area contributed by atoms with E-state index in [0.717, 1.165) is 18.9 Å². The summed E-state index contributed by atoms with van der Waals surface area (Å²) in [6, 6.07) is 0. The van der Waals surface area contributed by atoms with Crippen LogP contribution >= 0.6 is 7.68 Å². The van der Waals surface area contributed by atoms with Crippen LogP contribution in [0, 0.1) is 11.3 Å². The van der Waals surface area contributed by atoms with E-state index < -0.39 is 7.68 Å². The summed E-state index contributed by atoms with van der Waals surface area (Å²) in [6.45, 7) is 9.96. The van der Waals surface area contributed by atoms with Gasteiger partial charge in [0.05, 0.1) is 14.0 Å². The van der Waals surface area contributed by atoms with Crippen molar-refractivity contribution in [2.75, 3.05) is 13.0 Å². The second-order valence-corrected chi connectivity index (χ2v) is 7.25. The molecule has 0 saturated carbocycles. The third-order valence-corrected chi connectivity index (χ3v) is 4.56. The number of rotatable bonds is 10. The lowest BCUT2D eigenvalue weighted by atomic mass is 9.75. The van der Waals surface area contributed by atoms with Crippen molar-refractivity contribution in [1.29, 1.82) is 0 Å². The van der Waals surface area contributed by atoms with Crippen molar-refractivity contribution in [2.45, 2.75) is 59.8 Å². The van der Waals surface area contributed by atoms with Crippen molar-refractivity contribution in [3.05, 3.63) is 0 Å². The first kappa shape index (κ1) is 17.3. The van der Waals surface area contributed by atoms with Crippen LogP contribution in [0.15, 0.2) is 0 Å². The van der Waals surface area contributed by atoms with Gasteiger partial charge >= 0.3 is 0 Å². The molecule has 0 aromatic heterocycles. The summed E-state index contributed by atoms with van der Waals surface area (Å²) >= 11 is 0. The molecule has 0 aliphatic rings. The van der Waals surface area contributed by atoms with E-state index in [0.29, 0.717) is 11.8 Å². The van der Waals surface area contributed by atoms with Gasteiger partial charge in [-0.15, -0.1) is 0 Å². The van der Waals surface area contributed by atoms with Crippen LogP contribution in [0.2, 0.25) is 0 Å². The highest BCUT2D eigenvalue weighted by atomic mass is 31.1. The predicted octanol–water partition coefficient (Wildman–Crippen LogP) is 3.70. The normalized spacial score (nSPS) is 17.0.